The molecule has 2 N–H and O–H groups in total. The minimum absolute atomic E-state index is 0.0346. The summed E-state index contributed by atoms with van der Waals surface area (Å²) in [5, 5.41) is 15.7. The number of amides is 2. The molecule has 204 valence electrons. The molecule has 2 amide bonds. The van der Waals surface area contributed by atoms with Crippen LogP contribution >= 0.6 is 0 Å². The van der Waals surface area contributed by atoms with Gasteiger partial charge in [0.15, 0.2) is 5.65 Å². The van der Waals surface area contributed by atoms with E-state index in [2.05, 4.69) is 60.1 Å². The molecule has 4 aromatic rings. The Morgan fingerprint density at radius 2 is 1.92 bits per heavy atom. The number of nitrogens with zero attached hydrogens (tertiary/aromatic N) is 5. The topological polar surface area (TPSA) is 107 Å². The molecule has 1 aromatic carbocycles. The predicted octanol–water partition coefficient (Wildman–Crippen LogP) is 4.00. The number of aromatic amines is 1. The number of pyridine rings is 1. The smallest absolute Gasteiger partial charge is 0.245 e. The summed E-state index contributed by atoms with van der Waals surface area (Å²) < 4.78 is 1.84. The summed E-state index contributed by atoms with van der Waals surface area (Å²) in [6.07, 6.45) is 5.08. The number of hydrogen-bond acceptors (Lipinski definition) is 5. The lowest BCUT2D eigenvalue weighted by Gasteiger charge is -2.35. The Hall–Kier alpha value is -3.72. The number of hydrogen-bond donors (Lipinski definition) is 2. The van der Waals surface area contributed by atoms with Gasteiger partial charge in [0.1, 0.15) is 12.4 Å². The van der Waals surface area contributed by atoms with E-state index >= 15 is 0 Å². The zero-order valence-corrected chi connectivity index (χ0v) is 23.0. The van der Waals surface area contributed by atoms with Gasteiger partial charge in [-0.05, 0) is 66.5 Å². The van der Waals surface area contributed by atoms with Gasteiger partial charge in [0.05, 0.1) is 11.8 Å². The van der Waals surface area contributed by atoms with E-state index in [1.807, 2.05) is 15.6 Å². The molecular weight excluding hydrogens is 492 g/mol. The minimum atomic E-state index is -0.629. The maximum atomic E-state index is 13.2. The lowest BCUT2D eigenvalue weighted by atomic mass is 9.87. The number of nitrogens with one attached hydrogen (secondary N) is 1. The average molecular weight is 529 g/mol. The molecule has 0 unspecified atom stereocenters. The van der Waals surface area contributed by atoms with Gasteiger partial charge in [-0.2, -0.15) is 5.10 Å². The molecule has 9 heteroatoms. The van der Waals surface area contributed by atoms with Crippen molar-refractivity contribution in [3.05, 3.63) is 53.5 Å². The van der Waals surface area contributed by atoms with E-state index in [0.29, 0.717) is 31.3 Å². The first kappa shape index (κ1) is 25.6. The third-order valence-electron chi connectivity index (χ3n) is 8.53. The van der Waals surface area contributed by atoms with Crippen molar-refractivity contribution >= 4 is 28.4 Å². The van der Waals surface area contributed by atoms with Gasteiger partial charge in [-0.1, -0.05) is 19.9 Å². The van der Waals surface area contributed by atoms with Gasteiger partial charge in [0.2, 0.25) is 11.8 Å². The van der Waals surface area contributed by atoms with E-state index < -0.39 is 12.1 Å². The second kappa shape index (κ2) is 9.79. The van der Waals surface area contributed by atoms with Gasteiger partial charge in [0, 0.05) is 55.6 Å². The highest BCUT2D eigenvalue weighted by atomic mass is 16.3. The molecule has 0 saturated carbocycles. The Balaban J connectivity index is 1.25. The Labute approximate surface area is 227 Å². The van der Waals surface area contributed by atoms with Gasteiger partial charge in [-0.15, -0.1) is 0 Å². The van der Waals surface area contributed by atoms with E-state index in [-0.39, 0.29) is 18.4 Å². The van der Waals surface area contributed by atoms with Crippen molar-refractivity contribution in [1.29, 1.82) is 0 Å². The van der Waals surface area contributed by atoms with Crippen LogP contribution in [0.2, 0.25) is 0 Å². The van der Waals surface area contributed by atoms with Gasteiger partial charge in [-0.3, -0.25) is 9.59 Å². The number of carbonyl (C=O) groups excluding carboxylic acids is 2. The molecule has 2 atom stereocenters. The summed E-state index contributed by atoms with van der Waals surface area (Å²) in [6.45, 7) is 9.55. The lowest BCUT2D eigenvalue weighted by Crippen LogP contribution is -2.49. The molecule has 3 aromatic heterocycles. The Kier molecular flexibility index (Phi) is 6.41. The summed E-state index contributed by atoms with van der Waals surface area (Å²) in [5.74, 6) is 0.494. The van der Waals surface area contributed by atoms with Crippen LogP contribution in [0.5, 0.6) is 0 Å². The summed E-state index contributed by atoms with van der Waals surface area (Å²) in [7, 11) is 0. The highest BCUT2D eigenvalue weighted by Crippen LogP contribution is 2.39. The third-order valence-corrected chi connectivity index (χ3v) is 8.53. The number of piperidine rings is 1. The SMILES string of the molecule is CC(=O)N1C[C@H](O)C[C@H]1C(=O)N1CCC(c2ccc3[nH]c(-c4cc(C)c5ncnn5c4)c(C(C)C)c3c2)CC1. The quantitative estimate of drug-likeness (QED) is 0.417. The number of aliphatic hydroxyl groups excluding tert-OH is 1. The number of aryl methyl sites for hydroxylation is 1. The largest absolute Gasteiger partial charge is 0.391 e. The molecule has 39 heavy (non-hydrogen) atoms. The number of aliphatic hydroxyl groups is 1. The first-order valence-electron chi connectivity index (χ1n) is 13.9. The van der Waals surface area contributed by atoms with Gasteiger partial charge in [-0.25, -0.2) is 9.50 Å². The van der Waals surface area contributed by atoms with Gasteiger partial charge >= 0.3 is 0 Å². The fraction of sp³-hybridized carbons (Fsp3) is 0.467. The van der Waals surface area contributed by atoms with Crippen molar-refractivity contribution in [3.63, 3.8) is 0 Å². The third kappa shape index (κ3) is 4.48. The molecule has 2 fully saturated rings. The second-order valence-corrected chi connectivity index (χ2v) is 11.5. The van der Waals surface area contributed by atoms with Crippen molar-refractivity contribution in [1.82, 2.24) is 29.4 Å². The fourth-order valence-electron chi connectivity index (χ4n) is 6.58. The molecule has 0 spiro atoms. The number of carbonyl (C=O) groups is 2. The molecule has 2 saturated heterocycles. The molecule has 0 aliphatic carbocycles. The second-order valence-electron chi connectivity index (χ2n) is 11.5. The van der Waals surface area contributed by atoms with Crippen LogP contribution in [-0.4, -0.2) is 78.1 Å². The van der Waals surface area contributed by atoms with Crippen LogP contribution in [0.25, 0.3) is 27.8 Å². The molecule has 5 heterocycles. The van der Waals surface area contributed by atoms with Crippen molar-refractivity contribution in [2.75, 3.05) is 19.6 Å². The van der Waals surface area contributed by atoms with E-state index in [9.17, 15) is 14.7 Å². The maximum absolute atomic E-state index is 13.2. The molecule has 2 aliphatic heterocycles. The van der Waals surface area contributed by atoms with Crippen LogP contribution in [0.3, 0.4) is 0 Å². The number of fused-ring (bicyclic) bond motifs is 2. The van der Waals surface area contributed by atoms with Crippen molar-refractivity contribution in [3.8, 4) is 11.3 Å². The number of H-pyrrole nitrogens is 1. The van der Waals surface area contributed by atoms with E-state index in [1.54, 1.807) is 6.33 Å². The Morgan fingerprint density at radius 1 is 1.15 bits per heavy atom. The summed E-state index contributed by atoms with van der Waals surface area (Å²) in [4.78, 5) is 36.7. The number of rotatable bonds is 4. The highest BCUT2D eigenvalue weighted by molar-refractivity contribution is 5.92. The number of aromatic nitrogens is 4. The summed E-state index contributed by atoms with van der Waals surface area (Å²) >= 11 is 0. The first-order valence-corrected chi connectivity index (χ1v) is 13.9. The average Bonchev–Trinajstić information content (AvgIpc) is 3.64. The van der Waals surface area contributed by atoms with Crippen molar-refractivity contribution in [2.45, 2.75) is 70.9 Å². The Morgan fingerprint density at radius 3 is 2.64 bits per heavy atom. The minimum Gasteiger partial charge on any atom is -0.391 e. The van der Waals surface area contributed by atoms with Gasteiger partial charge in [0.25, 0.3) is 0 Å². The zero-order chi connectivity index (χ0) is 27.4. The molecule has 6 rings (SSSR count). The molecule has 9 nitrogen and oxygen atoms in total. The normalized spacial score (nSPS) is 20.6. The van der Waals surface area contributed by atoms with Crippen LogP contribution in [0.4, 0.5) is 0 Å². The summed E-state index contributed by atoms with van der Waals surface area (Å²) in [5.41, 5.74) is 7.87. The van der Waals surface area contributed by atoms with Crippen molar-refractivity contribution in [2.24, 2.45) is 0 Å². The van der Waals surface area contributed by atoms with Crippen molar-refractivity contribution < 1.29 is 14.7 Å². The van der Waals surface area contributed by atoms with Crippen LogP contribution in [0.1, 0.15) is 68.6 Å². The van der Waals surface area contributed by atoms with E-state index in [1.165, 1.54) is 28.3 Å². The van der Waals surface area contributed by atoms with Crippen LogP contribution < -0.4 is 0 Å². The summed E-state index contributed by atoms with van der Waals surface area (Å²) in [6, 6.07) is 8.36. The maximum Gasteiger partial charge on any atom is 0.245 e. The highest BCUT2D eigenvalue weighted by Gasteiger charge is 2.40. The number of benzene rings is 1. The zero-order valence-electron chi connectivity index (χ0n) is 23.0. The molecule has 2 aliphatic rings. The van der Waals surface area contributed by atoms with E-state index in [4.69, 9.17) is 0 Å². The van der Waals surface area contributed by atoms with Crippen LogP contribution in [0.15, 0.2) is 36.8 Å². The van der Waals surface area contributed by atoms with E-state index in [0.717, 1.165) is 40.8 Å². The lowest BCUT2D eigenvalue weighted by molar-refractivity contribution is -0.143. The monoisotopic (exact) mass is 528 g/mol. The predicted molar refractivity (Wildman–Crippen MR) is 149 cm³/mol. The standard InChI is InChI=1S/C30H36N6O3/c1-17(2)27-24-12-21(5-6-25(24)33-28(27)22-11-18(3)29-31-16-32-36(29)14-22)20-7-9-34(10-8-20)30(39)26-13-23(38)15-35(26)19(4)37/h5-6,11-12,14,16-17,20,23,26,33,38H,7-10,13,15H2,1-4H3/t23-,26+/m1/s1. The molecule has 0 radical (unpaired) electrons. The van der Waals surface area contributed by atoms with Gasteiger partial charge < -0.3 is 19.9 Å². The molecule has 0 bridgehead atoms. The number of likely N-dealkylation sites (tertiary alicyclic amines) is 2. The number of β-amino-alcohol motifs (C(OH)–C–C–N with tert-alkyl or cyclic N) is 1. The fourth-order valence-corrected chi connectivity index (χ4v) is 6.58. The first-order chi connectivity index (χ1) is 18.7. The van der Waals surface area contributed by atoms with Crippen LogP contribution in [-0.2, 0) is 9.59 Å². The Bertz CT molecular complexity index is 1560. The van der Waals surface area contributed by atoms with Crippen LogP contribution in [0, 0.1) is 6.92 Å². The molecular formula is C30H36N6O3.